The summed E-state index contributed by atoms with van der Waals surface area (Å²) in [5, 5.41) is 3.43. The molecular weight excluding hydrogens is 398 g/mol. The highest BCUT2D eigenvalue weighted by Crippen LogP contribution is 2.19. The summed E-state index contributed by atoms with van der Waals surface area (Å²) in [6.45, 7) is 4.72. The minimum absolute atomic E-state index is 0.0762. The maximum Gasteiger partial charge on any atom is 0.261 e. The quantitative estimate of drug-likeness (QED) is 0.681. The molecule has 0 heterocycles. The summed E-state index contributed by atoms with van der Waals surface area (Å²) >= 11 is 5.81. The Morgan fingerprint density at radius 3 is 2.11 bits per heavy atom. The molecule has 0 fully saturated rings. The van der Waals surface area contributed by atoms with E-state index in [1.54, 1.807) is 24.3 Å². The van der Waals surface area contributed by atoms with Crippen LogP contribution in [0.3, 0.4) is 0 Å². The summed E-state index contributed by atoms with van der Waals surface area (Å²) in [4.78, 5) is 14.5. The number of amides is 1. The van der Waals surface area contributed by atoms with E-state index in [0.29, 0.717) is 28.7 Å². The topological polar surface area (TPSA) is 78.5 Å². The first-order valence-corrected chi connectivity index (χ1v) is 10.8. The number of hydrogen-bond donors (Lipinski definition) is 2. The van der Waals surface area contributed by atoms with E-state index in [0.717, 1.165) is 0 Å². The zero-order valence-electron chi connectivity index (χ0n) is 16.4. The van der Waals surface area contributed by atoms with E-state index in [1.807, 2.05) is 14.1 Å². The molecule has 2 rings (SSSR count). The smallest absolute Gasteiger partial charge is 0.261 e. The minimum atomic E-state index is -3.75. The lowest BCUT2D eigenvalue weighted by Gasteiger charge is -2.28. The van der Waals surface area contributed by atoms with Crippen LogP contribution in [0, 0.1) is 5.92 Å². The average Bonchev–Trinajstić information content (AvgIpc) is 2.63. The molecule has 0 bridgehead atoms. The maximum atomic E-state index is 12.5. The Morgan fingerprint density at radius 1 is 1.04 bits per heavy atom. The van der Waals surface area contributed by atoms with Gasteiger partial charge >= 0.3 is 0 Å². The van der Waals surface area contributed by atoms with Crippen molar-refractivity contribution in [3.05, 3.63) is 59.1 Å². The number of hydrogen-bond acceptors (Lipinski definition) is 4. The molecule has 0 spiro atoms. The summed E-state index contributed by atoms with van der Waals surface area (Å²) in [6.07, 6.45) is 0. The minimum Gasteiger partial charge on any atom is -0.350 e. The van der Waals surface area contributed by atoms with Gasteiger partial charge in [-0.05, 0) is 68.5 Å². The zero-order chi connectivity index (χ0) is 20.9. The third kappa shape index (κ3) is 5.95. The summed E-state index contributed by atoms with van der Waals surface area (Å²) in [6, 6.07) is 12.4. The third-order valence-corrected chi connectivity index (χ3v) is 6.08. The molecule has 0 aliphatic carbocycles. The Bertz CT molecular complexity index is 887. The van der Waals surface area contributed by atoms with Gasteiger partial charge in [0.05, 0.1) is 4.90 Å². The average molecular weight is 424 g/mol. The molecule has 0 saturated carbocycles. The van der Waals surface area contributed by atoms with Gasteiger partial charge in [0, 0.05) is 28.9 Å². The second-order valence-corrected chi connectivity index (χ2v) is 9.24. The highest BCUT2D eigenvalue weighted by atomic mass is 35.5. The summed E-state index contributed by atoms with van der Waals surface area (Å²) in [5.74, 6) is 0.156. The number of sulfonamides is 1. The predicted octanol–water partition coefficient (Wildman–Crippen LogP) is 3.46. The van der Waals surface area contributed by atoms with Crippen LogP contribution >= 0.6 is 11.6 Å². The van der Waals surface area contributed by atoms with Gasteiger partial charge in [-0.1, -0.05) is 25.4 Å². The highest BCUT2D eigenvalue weighted by Gasteiger charge is 2.18. The molecule has 1 unspecified atom stereocenters. The molecule has 0 aliphatic heterocycles. The monoisotopic (exact) mass is 423 g/mol. The number of anilines is 1. The largest absolute Gasteiger partial charge is 0.350 e. The Balaban J connectivity index is 2.05. The van der Waals surface area contributed by atoms with Crippen molar-refractivity contribution in [2.75, 3.05) is 25.4 Å². The van der Waals surface area contributed by atoms with E-state index in [1.165, 1.54) is 24.3 Å². The second-order valence-electron chi connectivity index (χ2n) is 7.12. The number of nitrogens with one attached hydrogen (secondary N) is 2. The van der Waals surface area contributed by atoms with Crippen molar-refractivity contribution < 1.29 is 13.2 Å². The van der Waals surface area contributed by atoms with Crippen LogP contribution in [0.4, 0.5) is 5.69 Å². The van der Waals surface area contributed by atoms with Crippen LogP contribution in [0.5, 0.6) is 0 Å². The van der Waals surface area contributed by atoms with E-state index in [4.69, 9.17) is 11.6 Å². The molecule has 28 heavy (non-hydrogen) atoms. The number of halogens is 1. The van der Waals surface area contributed by atoms with E-state index in [2.05, 4.69) is 28.8 Å². The first-order chi connectivity index (χ1) is 13.1. The fourth-order valence-electron chi connectivity index (χ4n) is 2.83. The van der Waals surface area contributed by atoms with Gasteiger partial charge in [-0.2, -0.15) is 0 Å². The molecule has 8 heteroatoms. The molecule has 2 aromatic carbocycles. The van der Waals surface area contributed by atoms with Crippen molar-refractivity contribution in [2.45, 2.75) is 24.8 Å². The normalized spacial score (nSPS) is 12.8. The van der Waals surface area contributed by atoms with Crippen LogP contribution in [-0.2, 0) is 10.0 Å². The molecule has 0 aliphatic rings. The second kappa shape index (κ2) is 9.41. The molecule has 0 saturated heterocycles. The first-order valence-electron chi connectivity index (χ1n) is 8.93. The van der Waals surface area contributed by atoms with Crippen LogP contribution in [-0.4, -0.2) is 45.9 Å². The predicted molar refractivity (Wildman–Crippen MR) is 113 cm³/mol. The van der Waals surface area contributed by atoms with Gasteiger partial charge in [0.25, 0.3) is 15.9 Å². The number of benzene rings is 2. The molecule has 1 amide bonds. The van der Waals surface area contributed by atoms with Gasteiger partial charge < -0.3 is 10.2 Å². The van der Waals surface area contributed by atoms with Gasteiger partial charge in [0.2, 0.25) is 0 Å². The molecule has 2 N–H and O–H groups in total. The molecule has 0 radical (unpaired) electrons. The molecule has 152 valence electrons. The maximum absolute atomic E-state index is 12.5. The van der Waals surface area contributed by atoms with Crippen molar-refractivity contribution in [2.24, 2.45) is 5.92 Å². The molecule has 2 aromatic rings. The summed E-state index contributed by atoms with van der Waals surface area (Å²) in [5.41, 5.74) is 0.821. The van der Waals surface area contributed by atoms with Gasteiger partial charge in [-0.3, -0.25) is 9.52 Å². The van der Waals surface area contributed by atoms with Crippen molar-refractivity contribution >= 4 is 33.2 Å². The number of nitrogens with zero attached hydrogens (tertiary/aromatic N) is 1. The van der Waals surface area contributed by atoms with Gasteiger partial charge in [-0.15, -0.1) is 0 Å². The highest BCUT2D eigenvalue weighted by molar-refractivity contribution is 7.92. The fraction of sp³-hybridized carbons (Fsp3) is 0.350. The lowest BCUT2D eigenvalue weighted by Crippen LogP contribution is -2.43. The Labute approximate surface area is 171 Å². The number of carbonyl (C=O) groups is 1. The van der Waals surface area contributed by atoms with Crippen LogP contribution < -0.4 is 10.0 Å². The van der Waals surface area contributed by atoms with E-state index < -0.39 is 10.0 Å². The van der Waals surface area contributed by atoms with Gasteiger partial charge in [-0.25, -0.2) is 8.42 Å². The fourth-order valence-corrected chi connectivity index (χ4v) is 4.02. The molecule has 0 aromatic heterocycles. The van der Waals surface area contributed by atoms with Crippen molar-refractivity contribution in [1.29, 1.82) is 0 Å². The third-order valence-electron chi connectivity index (χ3n) is 4.43. The van der Waals surface area contributed by atoms with Gasteiger partial charge in [0.1, 0.15) is 0 Å². The van der Waals surface area contributed by atoms with Crippen LogP contribution in [0.2, 0.25) is 5.02 Å². The Morgan fingerprint density at radius 2 is 1.61 bits per heavy atom. The molecular formula is C20H26ClN3O3S. The number of likely N-dealkylation sites (N-methyl/N-ethyl adjacent to an activating group) is 1. The Kier molecular flexibility index (Phi) is 7.46. The van der Waals surface area contributed by atoms with E-state index >= 15 is 0 Å². The molecule has 1 atom stereocenters. The van der Waals surface area contributed by atoms with Gasteiger partial charge in [0.15, 0.2) is 0 Å². The standard InChI is InChI=1S/C20H26ClN3O3S/c1-14(2)19(24(3)4)13-22-20(25)15-5-11-18(12-6-15)28(26,27)23-17-9-7-16(21)8-10-17/h5-12,14,19,23H,13H2,1-4H3,(H,22,25). The summed E-state index contributed by atoms with van der Waals surface area (Å²) in [7, 11) is 0.204. The SMILES string of the molecule is CC(C)C(CNC(=O)c1ccc(S(=O)(=O)Nc2ccc(Cl)cc2)cc1)N(C)C. The number of carbonyl (C=O) groups excluding carboxylic acids is 1. The van der Waals surface area contributed by atoms with E-state index in [-0.39, 0.29) is 16.8 Å². The van der Waals surface area contributed by atoms with Crippen LogP contribution in [0.15, 0.2) is 53.4 Å². The summed E-state index contributed by atoms with van der Waals surface area (Å²) < 4.78 is 27.4. The van der Waals surface area contributed by atoms with Crippen LogP contribution in [0.1, 0.15) is 24.2 Å². The number of rotatable bonds is 8. The Hall–Kier alpha value is -2.09. The first kappa shape index (κ1) is 22.2. The van der Waals surface area contributed by atoms with Crippen molar-refractivity contribution in [3.63, 3.8) is 0 Å². The lowest BCUT2D eigenvalue weighted by molar-refractivity contribution is 0.0934. The molecule has 6 nitrogen and oxygen atoms in total. The zero-order valence-corrected chi connectivity index (χ0v) is 18.0. The van der Waals surface area contributed by atoms with Crippen LogP contribution in [0.25, 0.3) is 0 Å². The van der Waals surface area contributed by atoms with Crippen molar-refractivity contribution in [1.82, 2.24) is 10.2 Å². The van der Waals surface area contributed by atoms with E-state index in [9.17, 15) is 13.2 Å². The van der Waals surface area contributed by atoms with Crippen molar-refractivity contribution in [3.8, 4) is 0 Å². The lowest BCUT2D eigenvalue weighted by atomic mass is 10.0.